The van der Waals surface area contributed by atoms with E-state index in [-0.39, 0.29) is 12.4 Å². The van der Waals surface area contributed by atoms with Crippen molar-refractivity contribution in [1.29, 1.82) is 0 Å². The van der Waals surface area contributed by atoms with Gasteiger partial charge >= 0.3 is 5.97 Å². The summed E-state index contributed by atoms with van der Waals surface area (Å²) < 4.78 is 13.3. The third kappa shape index (κ3) is 4.90. The molecule has 0 aromatic heterocycles. The van der Waals surface area contributed by atoms with Crippen LogP contribution in [0.3, 0.4) is 0 Å². The van der Waals surface area contributed by atoms with Crippen molar-refractivity contribution in [3.8, 4) is 0 Å². The molecule has 1 aromatic carbocycles. The first-order chi connectivity index (χ1) is 11.0. The Hall–Kier alpha value is -1.17. The molecule has 0 unspecified atom stereocenters. The minimum atomic E-state index is -0.753. The minimum absolute atomic E-state index is 0.132. The fourth-order valence-electron chi connectivity index (χ4n) is 3.18. The lowest BCUT2D eigenvalue weighted by Gasteiger charge is -2.43. The van der Waals surface area contributed by atoms with E-state index in [0.29, 0.717) is 29.6 Å². The van der Waals surface area contributed by atoms with E-state index in [9.17, 15) is 9.18 Å². The first-order valence-electron chi connectivity index (χ1n) is 8.14. The summed E-state index contributed by atoms with van der Waals surface area (Å²) in [4.78, 5) is 13.1. The van der Waals surface area contributed by atoms with Crippen molar-refractivity contribution in [1.82, 2.24) is 10.2 Å². The highest BCUT2D eigenvalue weighted by molar-refractivity contribution is 6.30. The number of carboxylic acid groups (broad SMARTS) is 1. The maximum absolute atomic E-state index is 13.3. The Bertz CT molecular complexity index is 553. The lowest BCUT2D eigenvalue weighted by molar-refractivity contribution is -0.139. The van der Waals surface area contributed by atoms with Crippen molar-refractivity contribution >= 4 is 17.6 Å². The van der Waals surface area contributed by atoms with Gasteiger partial charge < -0.3 is 10.4 Å². The molecule has 0 aliphatic heterocycles. The average molecular weight is 341 g/mol. The van der Waals surface area contributed by atoms with Crippen LogP contribution in [0.25, 0.3) is 0 Å². The number of hydrogen-bond acceptors (Lipinski definition) is 3. The van der Waals surface area contributed by atoms with Crippen LogP contribution in [0, 0.1) is 11.7 Å². The zero-order chi connectivity index (χ0) is 16.4. The molecular formula is C17H22ClFN2O2. The number of rotatable bonds is 8. The van der Waals surface area contributed by atoms with Gasteiger partial charge in [0.2, 0.25) is 0 Å². The summed E-state index contributed by atoms with van der Waals surface area (Å²) in [5, 5.41) is 12.9. The van der Waals surface area contributed by atoms with Crippen molar-refractivity contribution in [2.45, 2.75) is 44.3 Å². The molecule has 2 fully saturated rings. The maximum Gasteiger partial charge on any atom is 0.317 e. The molecule has 2 N–H and O–H groups in total. The van der Waals surface area contributed by atoms with E-state index < -0.39 is 5.97 Å². The Morgan fingerprint density at radius 3 is 2.70 bits per heavy atom. The Kier molecular flexibility index (Phi) is 5.19. The molecular weight excluding hydrogens is 319 g/mol. The van der Waals surface area contributed by atoms with Gasteiger partial charge in [-0.2, -0.15) is 0 Å². The molecule has 3 rings (SSSR count). The summed E-state index contributed by atoms with van der Waals surface area (Å²) in [6, 6.07) is 5.25. The molecule has 0 radical (unpaired) electrons. The highest BCUT2D eigenvalue weighted by Gasteiger charge is 2.36. The van der Waals surface area contributed by atoms with Crippen molar-refractivity contribution in [2.75, 3.05) is 13.1 Å². The van der Waals surface area contributed by atoms with E-state index in [1.807, 2.05) is 0 Å². The SMILES string of the molecule is O=C(O)CN(CC1CC1)C1CC(NCc2cc(F)cc(Cl)c2)C1. The Morgan fingerprint density at radius 2 is 2.09 bits per heavy atom. The molecule has 6 heteroatoms. The fourth-order valence-corrected chi connectivity index (χ4v) is 3.42. The number of hydrogen-bond donors (Lipinski definition) is 2. The summed E-state index contributed by atoms with van der Waals surface area (Å²) in [6.45, 7) is 1.62. The van der Waals surface area contributed by atoms with Gasteiger partial charge in [0.05, 0.1) is 6.54 Å². The van der Waals surface area contributed by atoms with E-state index in [1.54, 1.807) is 6.07 Å². The smallest absolute Gasteiger partial charge is 0.317 e. The lowest BCUT2D eigenvalue weighted by Crippen LogP contribution is -2.54. The third-order valence-electron chi connectivity index (χ3n) is 4.67. The largest absolute Gasteiger partial charge is 0.480 e. The van der Waals surface area contributed by atoms with Crippen molar-refractivity contribution in [3.05, 3.63) is 34.6 Å². The molecule has 0 amide bonds. The second-order valence-electron chi connectivity index (χ2n) is 6.75. The molecule has 23 heavy (non-hydrogen) atoms. The topological polar surface area (TPSA) is 52.6 Å². The molecule has 126 valence electrons. The van der Waals surface area contributed by atoms with Crippen molar-refractivity contribution < 1.29 is 14.3 Å². The number of nitrogens with zero attached hydrogens (tertiary/aromatic N) is 1. The summed E-state index contributed by atoms with van der Waals surface area (Å²) in [5.41, 5.74) is 0.832. The summed E-state index contributed by atoms with van der Waals surface area (Å²) in [5.74, 6) is -0.384. The Labute approximate surface area is 140 Å². The molecule has 0 bridgehead atoms. The second-order valence-corrected chi connectivity index (χ2v) is 7.18. The molecule has 0 atom stereocenters. The van der Waals surface area contributed by atoms with Gasteiger partial charge in [-0.25, -0.2) is 4.39 Å². The van der Waals surface area contributed by atoms with E-state index in [0.717, 1.165) is 24.9 Å². The van der Waals surface area contributed by atoms with Gasteiger partial charge in [0.25, 0.3) is 0 Å². The number of carboxylic acids is 1. The zero-order valence-electron chi connectivity index (χ0n) is 13.0. The normalized spacial score (nSPS) is 23.8. The summed E-state index contributed by atoms with van der Waals surface area (Å²) in [7, 11) is 0. The predicted octanol–water partition coefficient (Wildman–Crippen LogP) is 2.90. The first kappa shape index (κ1) is 16.7. The lowest BCUT2D eigenvalue weighted by atomic mass is 9.85. The highest BCUT2D eigenvalue weighted by atomic mass is 35.5. The summed E-state index contributed by atoms with van der Waals surface area (Å²) in [6.07, 6.45) is 4.35. The van der Waals surface area contributed by atoms with Gasteiger partial charge in [-0.1, -0.05) is 11.6 Å². The van der Waals surface area contributed by atoms with Gasteiger partial charge in [-0.05, 0) is 55.4 Å². The molecule has 0 heterocycles. The summed E-state index contributed by atoms with van der Waals surface area (Å²) >= 11 is 5.85. The minimum Gasteiger partial charge on any atom is -0.480 e. The molecule has 2 aliphatic rings. The van der Waals surface area contributed by atoms with Gasteiger partial charge in [-0.3, -0.25) is 9.69 Å². The standard InChI is InChI=1S/C17H22ClFN2O2/c18-13-3-12(4-14(19)5-13)8-20-15-6-16(7-15)21(10-17(22)23)9-11-1-2-11/h3-5,11,15-16,20H,1-2,6-10H2,(H,22,23). The monoisotopic (exact) mass is 340 g/mol. The fraction of sp³-hybridized carbons (Fsp3) is 0.588. The number of halogens is 2. The zero-order valence-corrected chi connectivity index (χ0v) is 13.7. The Balaban J connectivity index is 1.44. The van der Waals surface area contributed by atoms with Crippen LogP contribution in [0.5, 0.6) is 0 Å². The van der Waals surface area contributed by atoms with E-state index >= 15 is 0 Å². The average Bonchev–Trinajstić information content (AvgIpc) is 3.18. The van der Waals surface area contributed by atoms with Crippen LogP contribution < -0.4 is 5.32 Å². The molecule has 4 nitrogen and oxygen atoms in total. The van der Waals surface area contributed by atoms with E-state index in [4.69, 9.17) is 16.7 Å². The van der Waals surface area contributed by atoms with Crippen LogP contribution in [0.1, 0.15) is 31.2 Å². The number of benzene rings is 1. The second kappa shape index (κ2) is 7.16. The number of aliphatic carboxylic acids is 1. The van der Waals surface area contributed by atoms with Gasteiger partial charge in [0, 0.05) is 30.2 Å². The maximum atomic E-state index is 13.3. The van der Waals surface area contributed by atoms with Gasteiger partial charge in [0.15, 0.2) is 0 Å². The van der Waals surface area contributed by atoms with Crippen LogP contribution in [0.4, 0.5) is 4.39 Å². The van der Waals surface area contributed by atoms with Crippen molar-refractivity contribution in [3.63, 3.8) is 0 Å². The first-order valence-corrected chi connectivity index (χ1v) is 8.51. The van der Waals surface area contributed by atoms with Crippen molar-refractivity contribution in [2.24, 2.45) is 5.92 Å². The molecule has 0 spiro atoms. The van der Waals surface area contributed by atoms with Crippen LogP contribution in [0.2, 0.25) is 5.02 Å². The van der Waals surface area contributed by atoms with E-state index in [1.165, 1.54) is 25.0 Å². The number of carbonyl (C=O) groups is 1. The van der Waals surface area contributed by atoms with Gasteiger partial charge in [0.1, 0.15) is 5.82 Å². The highest BCUT2D eigenvalue weighted by Crippen LogP contribution is 2.33. The molecule has 1 aromatic rings. The van der Waals surface area contributed by atoms with Crippen LogP contribution in [-0.2, 0) is 11.3 Å². The van der Waals surface area contributed by atoms with E-state index in [2.05, 4.69) is 10.2 Å². The quantitative estimate of drug-likeness (QED) is 0.764. The number of nitrogens with one attached hydrogen (secondary N) is 1. The van der Waals surface area contributed by atoms with Crippen LogP contribution in [-0.4, -0.2) is 41.1 Å². The van der Waals surface area contributed by atoms with Crippen LogP contribution >= 0.6 is 11.6 Å². The molecule has 0 saturated heterocycles. The predicted molar refractivity (Wildman–Crippen MR) is 87.0 cm³/mol. The third-order valence-corrected chi connectivity index (χ3v) is 4.89. The Morgan fingerprint density at radius 1 is 1.35 bits per heavy atom. The molecule has 2 aliphatic carbocycles. The van der Waals surface area contributed by atoms with Crippen LogP contribution in [0.15, 0.2) is 18.2 Å². The molecule has 2 saturated carbocycles. The van der Waals surface area contributed by atoms with Gasteiger partial charge in [-0.15, -0.1) is 0 Å².